The topological polar surface area (TPSA) is 84.1 Å². The summed E-state index contributed by atoms with van der Waals surface area (Å²) >= 11 is 0. The molecule has 0 saturated heterocycles. The molecular weight excluding hydrogens is 237 g/mol. The lowest BCUT2D eigenvalue weighted by molar-refractivity contribution is -0.141. The molecular formula is C9H13F3N4O. The third kappa shape index (κ3) is 4.06. The summed E-state index contributed by atoms with van der Waals surface area (Å²) in [6.07, 6.45) is -4.17. The van der Waals surface area contributed by atoms with Gasteiger partial charge in [-0.05, 0) is 13.3 Å². The molecule has 0 saturated carbocycles. The predicted molar refractivity (Wildman–Crippen MR) is 56.2 cm³/mol. The molecule has 0 radical (unpaired) electrons. The van der Waals surface area contributed by atoms with E-state index in [0.717, 1.165) is 6.07 Å². The Labute approximate surface area is 95.9 Å². The molecule has 1 aromatic heterocycles. The van der Waals surface area contributed by atoms with E-state index in [1.807, 2.05) is 0 Å². The maximum absolute atomic E-state index is 12.4. The van der Waals surface area contributed by atoms with Gasteiger partial charge in [-0.2, -0.15) is 18.2 Å². The van der Waals surface area contributed by atoms with Crippen molar-refractivity contribution >= 4 is 11.8 Å². The quantitative estimate of drug-likeness (QED) is 0.749. The van der Waals surface area contributed by atoms with E-state index >= 15 is 0 Å². The number of nitrogens with zero attached hydrogens (tertiary/aromatic N) is 2. The van der Waals surface area contributed by atoms with E-state index in [0.29, 0.717) is 6.42 Å². The summed E-state index contributed by atoms with van der Waals surface area (Å²) in [6, 6.07) is 0.569. The molecule has 1 rings (SSSR count). The van der Waals surface area contributed by atoms with Crippen LogP contribution in [-0.4, -0.2) is 27.7 Å². The molecule has 0 spiro atoms. The Balaban J connectivity index is 2.90. The second-order valence-electron chi connectivity index (χ2n) is 3.55. The fourth-order valence-electron chi connectivity index (χ4n) is 1.20. The normalized spacial score (nSPS) is 13.5. The number of anilines is 2. The minimum absolute atomic E-state index is 0.00854. The van der Waals surface area contributed by atoms with Gasteiger partial charge < -0.3 is 16.2 Å². The van der Waals surface area contributed by atoms with Crippen LogP contribution >= 0.6 is 0 Å². The van der Waals surface area contributed by atoms with Crippen LogP contribution in [0.15, 0.2) is 6.07 Å². The first-order valence-electron chi connectivity index (χ1n) is 4.92. The first kappa shape index (κ1) is 13.5. The van der Waals surface area contributed by atoms with Crippen LogP contribution in [0.5, 0.6) is 0 Å². The lowest BCUT2D eigenvalue weighted by atomic mass is 10.2. The number of nitrogen functional groups attached to an aromatic ring is 1. The molecule has 96 valence electrons. The van der Waals surface area contributed by atoms with Crippen LogP contribution in [0.4, 0.5) is 24.9 Å². The molecule has 0 amide bonds. The van der Waals surface area contributed by atoms with Crippen molar-refractivity contribution in [2.75, 3.05) is 17.7 Å². The van der Waals surface area contributed by atoms with Crippen molar-refractivity contribution in [2.24, 2.45) is 0 Å². The zero-order valence-corrected chi connectivity index (χ0v) is 9.12. The van der Waals surface area contributed by atoms with E-state index in [2.05, 4.69) is 15.3 Å². The zero-order chi connectivity index (χ0) is 13.1. The molecule has 4 N–H and O–H groups in total. The third-order valence-electron chi connectivity index (χ3n) is 1.99. The van der Waals surface area contributed by atoms with Gasteiger partial charge >= 0.3 is 6.18 Å². The van der Waals surface area contributed by atoms with Gasteiger partial charge in [-0.15, -0.1) is 0 Å². The van der Waals surface area contributed by atoms with Gasteiger partial charge in [-0.3, -0.25) is 0 Å². The maximum atomic E-state index is 12.4. The number of aromatic nitrogens is 2. The maximum Gasteiger partial charge on any atom is 0.433 e. The Kier molecular flexibility index (Phi) is 4.11. The number of nitrogens with two attached hydrogens (primary N) is 1. The van der Waals surface area contributed by atoms with Gasteiger partial charge in [-0.1, -0.05) is 0 Å². The number of hydrogen-bond acceptors (Lipinski definition) is 5. The Morgan fingerprint density at radius 1 is 1.47 bits per heavy atom. The minimum atomic E-state index is -4.56. The number of alkyl halides is 3. The van der Waals surface area contributed by atoms with Gasteiger partial charge in [0.2, 0.25) is 5.95 Å². The van der Waals surface area contributed by atoms with Gasteiger partial charge in [0.15, 0.2) is 5.69 Å². The predicted octanol–water partition coefficient (Wildman–Crippen LogP) is 1.26. The first-order chi connectivity index (χ1) is 7.82. The summed E-state index contributed by atoms with van der Waals surface area (Å²) in [5.74, 6) is -0.454. The van der Waals surface area contributed by atoms with E-state index in [-0.39, 0.29) is 18.5 Å². The highest BCUT2D eigenvalue weighted by molar-refractivity contribution is 5.41. The van der Waals surface area contributed by atoms with Crippen molar-refractivity contribution in [2.45, 2.75) is 25.6 Å². The monoisotopic (exact) mass is 250 g/mol. The van der Waals surface area contributed by atoms with Crippen LogP contribution in [0.3, 0.4) is 0 Å². The lowest BCUT2D eigenvalue weighted by Crippen LogP contribution is -2.19. The lowest BCUT2D eigenvalue weighted by Gasteiger charge is -2.14. The molecule has 0 bridgehead atoms. The van der Waals surface area contributed by atoms with Crippen LogP contribution < -0.4 is 11.1 Å². The smallest absolute Gasteiger partial charge is 0.396 e. The largest absolute Gasteiger partial charge is 0.433 e. The van der Waals surface area contributed by atoms with Crippen LogP contribution in [-0.2, 0) is 6.18 Å². The van der Waals surface area contributed by atoms with Crippen molar-refractivity contribution in [1.82, 2.24) is 9.97 Å². The summed E-state index contributed by atoms with van der Waals surface area (Å²) in [7, 11) is 0. The number of nitrogens with one attached hydrogen (secondary N) is 1. The summed E-state index contributed by atoms with van der Waals surface area (Å²) in [5.41, 5.74) is 4.10. The highest BCUT2D eigenvalue weighted by Crippen LogP contribution is 2.29. The Morgan fingerprint density at radius 3 is 2.65 bits per heavy atom. The number of halogens is 3. The number of aliphatic hydroxyl groups is 1. The molecule has 0 fully saturated rings. The van der Waals surface area contributed by atoms with Gasteiger partial charge in [0.25, 0.3) is 0 Å². The van der Waals surface area contributed by atoms with Crippen molar-refractivity contribution in [1.29, 1.82) is 0 Å². The second kappa shape index (κ2) is 5.17. The standard InChI is InChI=1S/C9H13F3N4O/c1-5(2-3-17)14-7-4-6(9(10,11)12)15-8(13)16-7/h4-5,17H,2-3H2,1H3,(H3,13,14,15,16). The molecule has 0 aliphatic carbocycles. The molecule has 1 heterocycles. The zero-order valence-electron chi connectivity index (χ0n) is 9.12. The Morgan fingerprint density at radius 2 is 2.12 bits per heavy atom. The SMILES string of the molecule is CC(CCO)Nc1cc(C(F)(F)F)nc(N)n1. The second-order valence-corrected chi connectivity index (χ2v) is 3.55. The molecule has 0 aliphatic heterocycles. The van der Waals surface area contributed by atoms with E-state index in [4.69, 9.17) is 10.8 Å². The average molecular weight is 250 g/mol. The summed E-state index contributed by atoms with van der Waals surface area (Å²) < 4.78 is 37.3. The van der Waals surface area contributed by atoms with Gasteiger partial charge in [0.05, 0.1) is 0 Å². The van der Waals surface area contributed by atoms with Gasteiger partial charge in [0, 0.05) is 18.7 Å². The van der Waals surface area contributed by atoms with Crippen LogP contribution in [0, 0.1) is 0 Å². The molecule has 1 unspecified atom stereocenters. The van der Waals surface area contributed by atoms with Crippen LogP contribution in [0.25, 0.3) is 0 Å². The van der Waals surface area contributed by atoms with E-state index in [9.17, 15) is 13.2 Å². The first-order valence-corrected chi connectivity index (χ1v) is 4.92. The number of rotatable bonds is 4. The minimum Gasteiger partial charge on any atom is -0.396 e. The van der Waals surface area contributed by atoms with Crippen LogP contribution in [0.1, 0.15) is 19.0 Å². The van der Waals surface area contributed by atoms with Crippen molar-refractivity contribution in [3.63, 3.8) is 0 Å². The van der Waals surface area contributed by atoms with E-state index < -0.39 is 17.8 Å². The fraction of sp³-hybridized carbons (Fsp3) is 0.556. The summed E-state index contributed by atoms with van der Waals surface area (Å²) in [6.45, 7) is 1.64. The fourth-order valence-corrected chi connectivity index (χ4v) is 1.20. The van der Waals surface area contributed by atoms with Crippen molar-refractivity contribution in [3.05, 3.63) is 11.8 Å². The summed E-state index contributed by atoms with van der Waals surface area (Å²) in [4.78, 5) is 6.75. The molecule has 17 heavy (non-hydrogen) atoms. The van der Waals surface area contributed by atoms with Gasteiger partial charge in [0.1, 0.15) is 5.82 Å². The van der Waals surface area contributed by atoms with Gasteiger partial charge in [-0.25, -0.2) is 4.98 Å². The Bertz CT molecular complexity index is 383. The van der Waals surface area contributed by atoms with Crippen LogP contribution in [0.2, 0.25) is 0 Å². The summed E-state index contributed by atoms with van der Waals surface area (Å²) in [5, 5.41) is 11.4. The molecule has 0 aliphatic rings. The van der Waals surface area contributed by atoms with E-state index in [1.54, 1.807) is 6.92 Å². The molecule has 1 atom stereocenters. The molecule has 0 aromatic carbocycles. The highest BCUT2D eigenvalue weighted by Gasteiger charge is 2.33. The molecule has 5 nitrogen and oxygen atoms in total. The highest BCUT2D eigenvalue weighted by atomic mass is 19.4. The van der Waals surface area contributed by atoms with E-state index in [1.165, 1.54) is 0 Å². The number of aliphatic hydroxyl groups excluding tert-OH is 1. The third-order valence-corrected chi connectivity index (χ3v) is 1.99. The van der Waals surface area contributed by atoms with Crippen molar-refractivity contribution in [3.8, 4) is 0 Å². The molecule has 8 heteroatoms. The Hall–Kier alpha value is -1.57. The number of hydrogen-bond donors (Lipinski definition) is 3. The van der Waals surface area contributed by atoms with Crippen molar-refractivity contribution < 1.29 is 18.3 Å². The molecule has 1 aromatic rings. The average Bonchev–Trinajstić information content (AvgIpc) is 2.15.